The van der Waals surface area contributed by atoms with Gasteiger partial charge in [-0.15, -0.1) is 0 Å². The van der Waals surface area contributed by atoms with E-state index in [1.165, 1.54) is 12.4 Å². The number of carbonyl (C=O) groups is 1. The number of piperazine rings is 1. The molecule has 2 bridgehead atoms. The maximum atomic E-state index is 12.2. The summed E-state index contributed by atoms with van der Waals surface area (Å²) in [4.78, 5) is 24.3. The molecule has 3 rings (SSSR count). The number of fused-ring (bicyclic) bond motifs is 2. The molecule has 0 spiro atoms. The highest BCUT2D eigenvalue weighted by atomic mass is 16.6. The Bertz CT molecular complexity index is 540. The molecule has 3 heterocycles. The van der Waals surface area contributed by atoms with Gasteiger partial charge in [0.25, 0.3) is 0 Å². The van der Waals surface area contributed by atoms with Crippen molar-refractivity contribution in [3.63, 3.8) is 0 Å². The number of ether oxygens (including phenoxy) is 1. The summed E-state index contributed by atoms with van der Waals surface area (Å²) in [5, 5.41) is 9.24. The third kappa shape index (κ3) is 2.72. The van der Waals surface area contributed by atoms with E-state index < -0.39 is 5.60 Å². The van der Waals surface area contributed by atoms with E-state index in [-0.39, 0.29) is 23.9 Å². The van der Waals surface area contributed by atoms with Gasteiger partial charge in [0.1, 0.15) is 5.60 Å². The van der Waals surface area contributed by atoms with Crippen molar-refractivity contribution in [2.75, 3.05) is 18.0 Å². The van der Waals surface area contributed by atoms with Crippen molar-refractivity contribution < 1.29 is 14.6 Å². The van der Waals surface area contributed by atoms with E-state index in [0.29, 0.717) is 19.0 Å². The van der Waals surface area contributed by atoms with Gasteiger partial charge in [-0.3, -0.25) is 0 Å². The summed E-state index contributed by atoms with van der Waals surface area (Å²) < 4.78 is 5.44. The van der Waals surface area contributed by atoms with E-state index in [9.17, 15) is 9.90 Å². The van der Waals surface area contributed by atoms with E-state index in [1.54, 1.807) is 4.90 Å². The van der Waals surface area contributed by atoms with Crippen molar-refractivity contribution >= 4 is 12.0 Å². The summed E-state index contributed by atoms with van der Waals surface area (Å²) >= 11 is 0. The molecule has 1 amide bonds. The number of likely N-dealkylation sites (tertiary alicyclic amines) is 1. The minimum Gasteiger partial charge on any atom is -0.505 e. The first kappa shape index (κ1) is 13.9. The fourth-order valence-corrected chi connectivity index (χ4v) is 2.92. The van der Waals surface area contributed by atoms with Crippen LogP contribution in [0.2, 0.25) is 0 Å². The molecule has 2 atom stereocenters. The highest BCUT2D eigenvalue weighted by Crippen LogP contribution is 2.33. The molecule has 21 heavy (non-hydrogen) atoms. The van der Waals surface area contributed by atoms with Crippen LogP contribution in [-0.4, -0.2) is 56.8 Å². The minimum atomic E-state index is -0.474. The zero-order chi connectivity index (χ0) is 15.2. The maximum absolute atomic E-state index is 12.2. The molecule has 0 radical (unpaired) electrons. The molecule has 2 aliphatic rings. The molecule has 2 aliphatic heterocycles. The number of anilines is 1. The molecule has 0 aliphatic carbocycles. The lowest BCUT2D eigenvalue weighted by molar-refractivity contribution is 0.0214. The van der Waals surface area contributed by atoms with Crippen LogP contribution in [-0.2, 0) is 4.74 Å². The summed E-state index contributed by atoms with van der Waals surface area (Å²) in [6.45, 7) is 6.94. The molecule has 1 aromatic heterocycles. The van der Waals surface area contributed by atoms with Crippen molar-refractivity contribution in [3.8, 4) is 5.75 Å². The number of aromatic hydroxyl groups is 1. The fraction of sp³-hybridized carbons (Fsp3) is 0.643. The molecule has 7 heteroatoms. The van der Waals surface area contributed by atoms with Gasteiger partial charge in [-0.25, -0.2) is 14.8 Å². The van der Waals surface area contributed by atoms with Gasteiger partial charge in [-0.05, 0) is 27.2 Å². The number of amides is 1. The van der Waals surface area contributed by atoms with Gasteiger partial charge in [0.15, 0.2) is 5.75 Å². The Hall–Kier alpha value is -2.05. The Labute approximate surface area is 123 Å². The first-order valence-corrected chi connectivity index (χ1v) is 7.11. The van der Waals surface area contributed by atoms with E-state index >= 15 is 0 Å². The highest BCUT2D eigenvalue weighted by Gasteiger charge is 2.47. The van der Waals surface area contributed by atoms with E-state index in [2.05, 4.69) is 14.9 Å². The number of carbonyl (C=O) groups excluding carboxylic acids is 1. The number of hydrogen-bond acceptors (Lipinski definition) is 6. The van der Waals surface area contributed by atoms with Crippen LogP contribution in [0.5, 0.6) is 5.75 Å². The molecule has 0 saturated carbocycles. The Morgan fingerprint density at radius 2 is 1.95 bits per heavy atom. The Morgan fingerprint density at radius 3 is 2.48 bits per heavy atom. The zero-order valence-corrected chi connectivity index (χ0v) is 12.5. The summed E-state index contributed by atoms with van der Waals surface area (Å²) in [5.74, 6) is 0.655. The molecule has 0 aromatic carbocycles. The average molecular weight is 292 g/mol. The van der Waals surface area contributed by atoms with Gasteiger partial charge in [0, 0.05) is 13.1 Å². The van der Waals surface area contributed by atoms with E-state index in [0.717, 1.165) is 6.42 Å². The first-order valence-electron chi connectivity index (χ1n) is 7.11. The van der Waals surface area contributed by atoms with Crippen LogP contribution in [0.1, 0.15) is 27.2 Å². The van der Waals surface area contributed by atoms with Crippen LogP contribution in [0.3, 0.4) is 0 Å². The third-order valence-corrected chi connectivity index (χ3v) is 3.75. The van der Waals surface area contributed by atoms with E-state index in [4.69, 9.17) is 4.74 Å². The number of aromatic nitrogens is 2. The van der Waals surface area contributed by atoms with Crippen LogP contribution in [0.25, 0.3) is 0 Å². The van der Waals surface area contributed by atoms with Crippen molar-refractivity contribution in [1.29, 1.82) is 0 Å². The quantitative estimate of drug-likeness (QED) is 0.842. The molecule has 114 valence electrons. The molecule has 1 aromatic rings. The standard InChI is InChI=1S/C14H20N4O3/c1-14(2,3)21-13(20)18-8-9-4-10(18)7-17(9)12-15-5-11(19)6-16-12/h5-6,9-10,19H,4,7-8H2,1-3H3/t9-,10-/m0/s1. The van der Waals surface area contributed by atoms with Gasteiger partial charge < -0.3 is 19.6 Å². The van der Waals surface area contributed by atoms with Crippen LogP contribution < -0.4 is 4.90 Å². The lowest BCUT2D eigenvalue weighted by Gasteiger charge is -2.35. The molecule has 2 saturated heterocycles. The molecule has 7 nitrogen and oxygen atoms in total. The van der Waals surface area contributed by atoms with Gasteiger partial charge in [-0.1, -0.05) is 0 Å². The summed E-state index contributed by atoms with van der Waals surface area (Å²) in [6.07, 6.45) is 3.44. The lowest BCUT2D eigenvalue weighted by atomic mass is 10.2. The molecular weight excluding hydrogens is 272 g/mol. The smallest absolute Gasteiger partial charge is 0.410 e. The lowest BCUT2D eigenvalue weighted by Crippen LogP contribution is -2.50. The summed E-state index contributed by atoms with van der Waals surface area (Å²) in [7, 11) is 0. The SMILES string of the molecule is CC(C)(C)OC(=O)N1C[C@@H]2C[C@H]1CN2c1ncc(O)cn1. The van der Waals surface area contributed by atoms with Crippen LogP contribution in [0.4, 0.5) is 10.7 Å². The first-order chi connectivity index (χ1) is 9.83. The van der Waals surface area contributed by atoms with Crippen molar-refractivity contribution in [2.45, 2.75) is 44.9 Å². The largest absolute Gasteiger partial charge is 0.505 e. The second kappa shape index (κ2) is 4.75. The molecule has 1 N–H and O–H groups in total. The fourth-order valence-electron chi connectivity index (χ4n) is 2.92. The number of hydrogen-bond donors (Lipinski definition) is 1. The Balaban J connectivity index is 1.66. The van der Waals surface area contributed by atoms with Crippen molar-refractivity contribution in [2.24, 2.45) is 0 Å². The van der Waals surface area contributed by atoms with Crippen molar-refractivity contribution in [3.05, 3.63) is 12.4 Å². The van der Waals surface area contributed by atoms with Crippen LogP contribution >= 0.6 is 0 Å². The Kier molecular flexibility index (Phi) is 3.15. The monoisotopic (exact) mass is 292 g/mol. The normalized spacial score (nSPS) is 24.5. The maximum Gasteiger partial charge on any atom is 0.410 e. The van der Waals surface area contributed by atoms with Gasteiger partial charge in [-0.2, -0.15) is 0 Å². The van der Waals surface area contributed by atoms with Crippen molar-refractivity contribution in [1.82, 2.24) is 14.9 Å². The van der Waals surface area contributed by atoms with Crippen LogP contribution in [0.15, 0.2) is 12.4 Å². The van der Waals surface area contributed by atoms with Gasteiger partial charge in [0.2, 0.25) is 5.95 Å². The van der Waals surface area contributed by atoms with Crippen LogP contribution in [0, 0.1) is 0 Å². The number of nitrogens with zero attached hydrogens (tertiary/aromatic N) is 4. The predicted molar refractivity (Wildman–Crippen MR) is 76.2 cm³/mol. The van der Waals surface area contributed by atoms with Gasteiger partial charge >= 0.3 is 6.09 Å². The second-order valence-electron chi connectivity index (χ2n) is 6.57. The molecule has 0 unspecified atom stereocenters. The second-order valence-corrected chi connectivity index (χ2v) is 6.57. The Morgan fingerprint density at radius 1 is 1.29 bits per heavy atom. The third-order valence-electron chi connectivity index (χ3n) is 3.75. The number of rotatable bonds is 1. The highest BCUT2D eigenvalue weighted by molar-refractivity contribution is 5.70. The minimum absolute atomic E-state index is 0.0542. The summed E-state index contributed by atoms with van der Waals surface area (Å²) in [5.41, 5.74) is -0.474. The predicted octanol–water partition coefficient (Wildman–Crippen LogP) is 1.38. The van der Waals surface area contributed by atoms with Gasteiger partial charge in [0.05, 0.1) is 24.5 Å². The molecule has 2 fully saturated rings. The van der Waals surface area contributed by atoms with E-state index in [1.807, 2.05) is 20.8 Å². The summed E-state index contributed by atoms with van der Waals surface area (Å²) in [6, 6.07) is 0.356. The zero-order valence-electron chi connectivity index (χ0n) is 12.5. The average Bonchev–Trinajstić information content (AvgIpc) is 2.97. The topological polar surface area (TPSA) is 78.8 Å². The molecular formula is C14H20N4O3.